The van der Waals surface area contributed by atoms with Gasteiger partial charge in [0.05, 0.1) is 0 Å². The normalized spacial score (nSPS) is 13.8. The van der Waals surface area contributed by atoms with Crippen LogP contribution in [-0.4, -0.2) is 6.17 Å². The van der Waals surface area contributed by atoms with E-state index in [4.69, 9.17) is 15.3 Å². The standard InChI is InChI=1S/C15H18N2O3/c1-12(16)17(18)19-11-13-6-5-9-15(10-13)20-14-7-3-2-4-8-14/h2-10,12,17H,11,16H2,1H3. The van der Waals surface area contributed by atoms with Crippen LogP contribution >= 0.6 is 0 Å². The van der Waals surface area contributed by atoms with Gasteiger partial charge in [0.15, 0.2) is 6.17 Å². The fourth-order valence-electron chi connectivity index (χ4n) is 1.61. The van der Waals surface area contributed by atoms with E-state index in [0.29, 0.717) is 5.75 Å². The van der Waals surface area contributed by atoms with Crippen LogP contribution in [0.1, 0.15) is 12.5 Å². The Morgan fingerprint density at radius 3 is 2.50 bits per heavy atom. The van der Waals surface area contributed by atoms with Crippen LogP contribution in [0.3, 0.4) is 0 Å². The molecule has 2 atom stereocenters. The smallest absolute Gasteiger partial charge is 0.165 e. The molecule has 0 heterocycles. The van der Waals surface area contributed by atoms with Gasteiger partial charge in [-0.25, -0.2) is 5.23 Å². The van der Waals surface area contributed by atoms with E-state index in [9.17, 15) is 5.21 Å². The Morgan fingerprint density at radius 1 is 1.10 bits per heavy atom. The van der Waals surface area contributed by atoms with E-state index in [0.717, 1.165) is 11.3 Å². The maximum Gasteiger partial charge on any atom is 0.165 e. The summed E-state index contributed by atoms with van der Waals surface area (Å²) in [7, 11) is 0. The van der Waals surface area contributed by atoms with Crippen LogP contribution in [0.2, 0.25) is 0 Å². The fraction of sp³-hybridized carbons (Fsp3) is 0.200. The van der Waals surface area contributed by atoms with Gasteiger partial charge < -0.3 is 9.94 Å². The maximum absolute atomic E-state index is 11.3. The molecule has 2 aromatic carbocycles. The highest BCUT2D eigenvalue weighted by Crippen LogP contribution is 2.21. The van der Waals surface area contributed by atoms with Crippen molar-refractivity contribution in [1.29, 1.82) is 0 Å². The molecule has 5 heteroatoms. The third kappa shape index (κ3) is 4.32. The summed E-state index contributed by atoms with van der Waals surface area (Å²) in [5.41, 5.74) is 6.29. The summed E-state index contributed by atoms with van der Waals surface area (Å²) < 4.78 is 5.71. The van der Waals surface area contributed by atoms with Crippen molar-refractivity contribution in [2.45, 2.75) is 19.7 Å². The first-order chi connectivity index (χ1) is 9.65. The molecule has 2 rings (SSSR count). The zero-order chi connectivity index (χ0) is 14.4. The SMILES string of the molecule is CC(N)[NH+]([O-])OCc1cccc(Oc2ccccc2)c1. The van der Waals surface area contributed by atoms with Gasteiger partial charge in [0.1, 0.15) is 18.1 Å². The molecule has 0 aromatic heterocycles. The van der Waals surface area contributed by atoms with Gasteiger partial charge in [-0.2, -0.15) is 4.84 Å². The van der Waals surface area contributed by atoms with E-state index in [1.165, 1.54) is 0 Å². The molecule has 0 aliphatic heterocycles. The van der Waals surface area contributed by atoms with E-state index in [-0.39, 0.29) is 6.61 Å². The Morgan fingerprint density at radius 2 is 1.80 bits per heavy atom. The average molecular weight is 274 g/mol. The van der Waals surface area contributed by atoms with Crippen molar-refractivity contribution in [3.05, 3.63) is 65.4 Å². The van der Waals surface area contributed by atoms with Crippen molar-refractivity contribution < 1.29 is 14.8 Å². The lowest BCUT2D eigenvalue weighted by atomic mass is 10.2. The Kier molecular flexibility index (Phi) is 5.09. The van der Waals surface area contributed by atoms with Gasteiger partial charge in [0.25, 0.3) is 0 Å². The average Bonchev–Trinajstić information content (AvgIpc) is 2.46. The minimum atomic E-state index is -0.612. The summed E-state index contributed by atoms with van der Waals surface area (Å²) in [6.07, 6.45) is -0.612. The molecular formula is C15H18N2O3. The number of hydrogen-bond acceptors (Lipinski definition) is 4. The van der Waals surface area contributed by atoms with Gasteiger partial charge >= 0.3 is 0 Å². The van der Waals surface area contributed by atoms with Crippen molar-refractivity contribution in [1.82, 2.24) is 0 Å². The second kappa shape index (κ2) is 7.02. The maximum atomic E-state index is 11.3. The number of hydrogen-bond donors (Lipinski definition) is 2. The van der Waals surface area contributed by atoms with Crippen LogP contribution in [0, 0.1) is 5.21 Å². The molecule has 0 spiro atoms. The predicted molar refractivity (Wildman–Crippen MR) is 75.7 cm³/mol. The van der Waals surface area contributed by atoms with Gasteiger partial charge in [0, 0.05) is 6.92 Å². The van der Waals surface area contributed by atoms with Crippen molar-refractivity contribution in [2.24, 2.45) is 5.73 Å². The largest absolute Gasteiger partial charge is 0.599 e. The van der Waals surface area contributed by atoms with Crippen molar-refractivity contribution in [3.63, 3.8) is 0 Å². The fourth-order valence-corrected chi connectivity index (χ4v) is 1.61. The number of rotatable bonds is 6. The van der Waals surface area contributed by atoms with Crippen LogP contribution in [-0.2, 0) is 11.4 Å². The molecular weight excluding hydrogens is 256 g/mol. The molecule has 0 saturated heterocycles. The predicted octanol–water partition coefficient (Wildman–Crippen LogP) is 1.60. The summed E-state index contributed by atoms with van der Waals surface area (Å²) in [5.74, 6) is 1.46. The van der Waals surface area contributed by atoms with Gasteiger partial charge in [-0.3, -0.25) is 5.73 Å². The number of ether oxygens (including phenoxy) is 1. The lowest BCUT2D eigenvalue weighted by molar-refractivity contribution is -1.07. The Hall–Kier alpha value is -1.92. The number of benzene rings is 2. The highest BCUT2D eigenvalue weighted by Gasteiger charge is 2.05. The van der Waals surface area contributed by atoms with Crippen LogP contribution < -0.4 is 15.7 Å². The topological polar surface area (TPSA) is 72.0 Å². The van der Waals surface area contributed by atoms with Gasteiger partial charge in [-0.05, 0) is 29.8 Å². The summed E-state index contributed by atoms with van der Waals surface area (Å²) >= 11 is 0. The second-order valence-electron chi connectivity index (χ2n) is 4.46. The van der Waals surface area contributed by atoms with Crippen LogP contribution in [0.5, 0.6) is 11.5 Å². The minimum Gasteiger partial charge on any atom is -0.599 e. The number of quaternary nitrogens is 1. The molecule has 0 amide bonds. The third-order valence-electron chi connectivity index (χ3n) is 2.63. The van der Waals surface area contributed by atoms with Crippen LogP contribution in [0.15, 0.2) is 54.6 Å². The number of nitrogens with one attached hydrogen (secondary N) is 1. The van der Waals surface area contributed by atoms with E-state index in [1.807, 2.05) is 54.6 Å². The highest BCUT2D eigenvalue weighted by atomic mass is 16.9. The van der Waals surface area contributed by atoms with Crippen LogP contribution in [0.4, 0.5) is 0 Å². The second-order valence-corrected chi connectivity index (χ2v) is 4.46. The lowest BCUT2D eigenvalue weighted by Crippen LogP contribution is -3.11. The molecule has 5 nitrogen and oxygen atoms in total. The van der Waals surface area contributed by atoms with Crippen molar-refractivity contribution in [3.8, 4) is 11.5 Å². The molecule has 0 saturated carbocycles. The number of para-hydroxylation sites is 1. The molecule has 0 radical (unpaired) electrons. The van der Waals surface area contributed by atoms with E-state index in [1.54, 1.807) is 6.92 Å². The molecule has 0 fully saturated rings. The summed E-state index contributed by atoms with van der Waals surface area (Å²) in [6, 6.07) is 16.9. The molecule has 0 aliphatic carbocycles. The van der Waals surface area contributed by atoms with E-state index in [2.05, 4.69) is 0 Å². The molecule has 3 N–H and O–H groups in total. The van der Waals surface area contributed by atoms with Crippen molar-refractivity contribution in [2.75, 3.05) is 0 Å². The Labute approximate surface area is 118 Å². The Bertz CT molecular complexity index is 532. The molecule has 106 valence electrons. The lowest BCUT2D eigenvalue weighted by Gasteiger charge is -2.23. The third-order valence-corrected chi connectivity index (χ3v) is 2.63. The monoisotopic (exact) mass is 274 g/mol. The minimum absolute atomic E-state index is 0.187. The molecule has 0 aliphatic rings. The number of hydroxylamine groups is 2. The highest BCUT2D eigenvalue weighted by molar-refractivity contribution is 5.33. The zero-order valence-corrected chi connectivity index (χ0v) is 11.3. The van der Waals surface area contributed by atoms with Crippen LogP contribution in [0.25, 0.3) is 0 Å². The molecule has 2 unspecified atom stereocenters. The van der Waals surface area contributed by atoms with Crippen molar-refractivity contribution >= 4 is 0 Å². The molecule has 0 bridgehead atoms. The summed E-state index contributed by atoms with van der Waals surface area (Å²) in [5, 5.41) is 10.9. The summed E-state index contributed by atoms with van der Waals surface area (Å²) in [6.45, 7) is 1.78. The Balaban J connectivity index is 1.97. The summed E-state index contributed by atoms with van der Waals surface area (Å²) in [4.78, 5) is 5.08. The molecule has 20 heavy (non-hydrogen) atoms. The van der Waals surface area contributed by atoms with E-state index < -0.39 is 11.4 Å². The van der Waals surface area contributed by atoms with Gasteiger partial charge in [-0.15, -0.1) is 0 Å². The molecule has 2 aromatic rings. The van der Waals surface area contributed by atoms with E-state index >= 15 is 0 Å². The first-order valence-corrected chi connectivity index (χ1v) is 6.39. The van der Waals surface area contributed by atoms with Gasteiger partial charge in [0.2, 0.25) is 0 Å². The van der Waals surface area contributed by atoms with Gasteiger partial charge in [-0.1, -0.05) is 30.3 Å². The number of nitrogens with two attached hydrogens (primary N) is 1. The first-order valence-electron chi connectivity index (χ1n) is 6.39. The quantitative estimate of drug-likeness (QED) is 0.620. The first kappa shape index (κ1) is 14.5. The zero-order valence-electron chi connectivity index (χ0n) is 11.3.